The van der Waals surface area contributed by atoms with Crippen LogP contribution >= 0.6 is 0 Å². The molecule has 2 aromatic heterocycles. The van der Waals surface area contributed by atoms with Gasteiger partial charge in [-0.2, -0.15) is 0 Å². The molecule has 0 atom stereocenters. The molecule has 0 unspecified atom stereocenters. The largest absolute Gasteiger partial charge is 0.507 e. The Kier molecular flexibility index (Phi) is 8.44. The Morgan fingerprint density at radius 1 is 0.644 bits per heavy atom. The first-order valence-electron chi connectivity index (χ1n) is 15.2. The maximum atomic E-state index is 10.9. The maximum absolute atomic E-state index is 10.9. The van der Waals surface area contributed by atoms with E-state index in [1.54, 1.807) is 6.07 Å². The molecule has 7 aromatic rings. The topological polar surface area (TPSA) is 50.9 Å². The number of aromatic hydroxyl groups is 1. The zero-order chi connectivity index (χ0) is 30.4. The maximum Gasteiger partial charge on any atom is 0.125 e. The van der Waals surface area contributed by atoms with Gasteiger partial charge in [0.15, 0.2) is 0 Å². The van der Waals surface area contributed by atoms with Crippen molar-refractivity contribution in [1.29, 1.82) is 0 Å². The Balaban J connectivity index is 0.00000357. The molecular weight excluding hydrogens is 734 g/mol. The molecule has 0 fully saturated rings. The van der Waals surface area contributed by atoms with Gasteiger partial charge in [0.25, 0.3) is 0 Å². The van der Waals surface area contributed by atoms with Gasteiger partial charge in [0.05, 0.1) is 22.6 Å². The van der Waals surface area contributed by atoms with Crippen LogP contribution in [-0.4, -0.2) is 19.6 Å². The summed E-state index contributed by atoms with van der Waals surface area (Å²) in [7, 11) is 0. The quantitative estimate of drug-likeness (QED) is 0.172. The second kappa shape index (κ2) is 12.5. The van der Waals surface area contributed by atoms with Gasteiger partial charge in [0, 0.05) is 38.0 Å². The third kappa shape index (κ3) is 5.71. The van der Waals surface area contributed by atoms with Crippen molar-refractivity contribution < 1.29 is 26.2 Å². The Morgan fingerprint density at radius 2 is 1.31 bits per heavy atom. The fourth-order valence-electron chi connectivity index (χ4n) is 5.92. The third-order valence-corrected chi connectivity index (χ3v) is 8.34. The molecule has 0 radical (unpaired) electrons. The number of hydrogen-bond donors (Lipinski definition) is 1. The standard InChI is InChI=1S/C40H34N3O.Pt/c1-25(2)30-22-31(26(3)4)24-32(23-30)43-37-18-8-7-15-35(37)42-40(43)29-13-9-12-28(21-29)34-16-10-17-36(41-34)39-33-14-6-5-11-27(33)19-20-38(39)44;/h5-20,22-26,44H,1-4H3;/q-1;. The summed E-state index contributed by atoms with van der Waals surface area (Å²) in [5.74, 6) is 1.86. The number of nitrogens with zero attached hydrogens (tertiary/aromatic N) is 3. The summed E-state index contributed by atoms with van der Waals surface area (Å²) < 4.78 is 2.26. The molecule has 0 aliphatic rings. The predicted octanol–water partition coefficient (Wildman–Crippen LogP) is 10.3. The SMILES string of the molecule is CC(C)c1cc(C(C)C)cc(-n2c(-c3[c-]c(-c4cccc(-c5c(O)ccc6ccccc56)n4)ccc3)nc3ccccc32)c1.[Pt]. The number of benzene rings is 5. The van der Waals surface area contributed by atoms with E-state index in [0.717, 1.165) is 61.4 Å². The van der Waals surface area contributed by atoms with Gasteiger partial charge in [0.1, 0.15) is 5.75 Å². The number of imidazole rings is 1. The van der Waals surface area contributed by atoms with Crippen LogP contribution in [0.5, 0.6) is 5.75 Å². The number of rotatable bonds is 6. The zero-order valence-corrected chi connectivity index (χ0v) is 28.0. The minimum atomic E-state index is 0. The van der Waals surface area contributed by atoms with Crippen LogP contribution in [-0.2, 0) is 21.1 Å². The van der Waals surface area contributed by atoms with E-state index < -0.39 is 0 Å². The molecule has 0 saturated carbocycles. The van der Waals surface area contributed by atoms with Gasteiger partial charge in [-0.25, -0.2) is 0 Å². The molecule has 2 heterocycles. The summed E-state index contributed by atoms with van der Waals surface area (Å²) in [5.41, 5.74) is 9.70. The summed E-state index contributed by atoms with van der Waals surface area (Å²) in [6.07, 6.45) is 0. The van der Waals surface area contributed by atoms with E-state index in [4.69, 9.17) is 9.97 Å². The second-order valence-electron chi connectivity index (χ2n) is 12.0. The first kappa shape index (κ1) is 30.5. The normalized spacial score (nSPS) is 11.4. The van der Waals surface area contributed by atoms with Gasteiger partial charge in [-0.1, -0.05) is 99.5 Å². The van der Waals surface area contributed by atoms with Crippen LogP contribution in [0.2, 0.25) is 0 Å². The molecule has 0 amide bonds. The molecule has 0 aliphatic heterocycles. The predicted molar refractivity (Wildman–Crippen MR) is 181 cm³/mol. The average molecular weight is 768 g/mol. The first-order valence-corrected chi connectivity index (χ1v) is 15.2. The van der Waals surface area contributed by atoms with E-state index in [2.05, 4.69) is 80.8 Å². The van der Waals surface area contributed by atoms with Crippen LogP contribution in [0.15, 0.2) is 115 Å². The molecule has 0 saturated heterocycles. The Hall–Kier alpha value is -4.53. The summed E-state index contributed by atoms with van der Waals surface area (Å²) in [6, 6.07) is 42.6. The van der Waals surface area contributed by atoms with Crippen LogP contribution < -0.4 is 0 Å². The summed E-state index contributed by atoms with van der Waals surface area (Å²) >= 11 is 0. The Labute approximate surface area is 278 Å². The second-order valence-corrected chi connectivity index (χ2v) is 12.0. The number of pyridine rings is 1. The van der Waals surface area contributed by atoms with E-state index in [9.17, 15) is 5.11 Å². The van der Waals surface area contributed by atoms with Gasteiger partial charge >= 0.3 is 0 Å². The molecule has 1 N–H and O–H groups in total. The molecule has 45 heavy (non-hydrogen) atoms. The fourth-order valence-corrected chi connectivity index (χ4v) is 5.92. The molecule has 226 valence electrons. The Bertz CT molecular complexity index is 2140. The molecular formula is C40H34N3OPt-. The van der Waals surface area contributed by atoms with E-state index in [1.165, 1.54) is 11.1 Å². The van der Waals surface area contributed by atoms with Crippen molar-refractivity contribution in [2.24, 2.45) is 0 Å². The van der Waals surface area contributed by atoms with E-state index in [-0.39, 0.29) is 26.8 Å². The number of phenolic OH excluding ortho intramolecular Hbond substituents is 1. The van der Waals surface area contributed by atoms with Crippen molar-refractivity contribution in [1.82, 2.24) is 14.5 Å². The summed E-state index contributed by atoms with van der Waals surface area (Å²) in [6.45, 7) is 8.97. The zero-order valence-electron chi connectivity index (χ0n) is 25.7. The van der Waals surface area contributed by atoms with Gasteiger partial charge < -0.3 is 9.67 Å². The van der Waals surface area contributed by atoms with Crippen LogP contribution in [0.25, 0.3) is 61.4 Å². The van der Waals surface area contributed by atoms with Gasteiger partial charge in [0.2, 0.25) is 0 Å². The van der Waals surface area contributed by atoms with E-state index >= 15 is 0 Å². The number of aromatic nitrogens is 3. The number of fused-ring (bicyclic) bond motifs is 2. The molecule has 7 rings (SSSR count). The van der Waals surface area contributed by atoms with Crippen LogP contribution in [0, 0.1) is 6.07 Å². The number of para-hydroxylation sites is 2. The van der Waals surface area contributed by atoms with Crippen molar-refractivity contribution in [3.63, 3.8) is 0 Å². The van der Waals surface area contributed by atoms with Gasteiger partial charge in [-0.15, -0.1) is 24.3 Å². The van der Waals surface area contributed by atoms with E-state index in [1.807, 2.05) is 66.7 Å². The minimum Gasteiger partial charge on any atom is -0.507 e. The summed E-state index contributed by atoms with van der Waals surface area (Å²) in [5, 5.41) is 12.9. The first-order chi connectivity index (χ1) is 21.4. The molecule has 0 bridgehead atoms. The molecule has 4 nitrogen and oxygen atoms in total. The van der Waals surface area contributed by atoms with Gasteiger partial charge in [-0.3, -0.25) is 9.97 Å². The molecule has 5 aromatic carbocycles. The number of phenols is 1. The van der Waals surface area contributed by atoms with Crippen molar-refractivity contribution in [2.45, 2.75) is 39.5 Å². The van der Waals surface area contributed by atoms with Crippen molar-refractivity contribution in [3.8, 4) is 45.3 Å². The van der Waals surface area contributed by atoms with E-state index in [0.29, 0.717) is 11.8 Å². The summed E-state index contributed by atoms with van der Waals surface area (Å²) in [4.78, 5) is 10.2. The smallest absolute Gasteiger partial charge is 0.125 e. The van der Waals surface area contributed by atoms with Crippen molar-refractivity contribution in [3.05, 3.63) is 132 Å². The fraction of sp³-hybridized carbons (Fsp3) is 0.150. The number of hydrogen-bond acceptors (Lipinski definition) is 3. The average Bonchev–Trinajstić information content (AvgIpc) is 3.44. The van der Waals surface area contributed by atoms with Crippen LogP contribution in [0.3, 0.4) is 0 Å². The van der Waals surface area contributed by atoms with Crippen molar-refractivity contribution >= 4 is 21.8 Å². The molecule has 5 heteroatoms. The van der Waals surface area contributed by atoms with Crippen molar-refractivity contribution in [2.75, 3.05) is 0 Å². The minimum absolute atomic E-state index is 0. The molecule has 0 aliphatic carbocycles. The van der Waals surface area contributed by atoms with Crippen LogP contribution in [0.4, 0.5) is 0 Å². The molecule has 0 spiro atoms. The monoisotopic (exact) mass is 767 g/mol. The third-order valence-electron chi connectivity index (χ3n) is 8.34. The van der Waals surface area contributed by atoms with Gasteiger partial charge in [-0.05, 0) is 70.1 Å². The van der Waals surface area contributed by atoms with Crippen LogP contribution in [0.1, 0.15) is 50.7 Å². The Morgan fingerprint density at radius 3 is 2.09 bits per heavy atom.